The molecular weight excluding hydrogens is 278 g/mol. The first-order valence-electron chi connectivity index (χ1n) is 7.43. The van der Waals surface area contributed by atoms with E-state index in [2.05, 4.69) is 19.8 Å². The van der Waals surface area contributed by atoms with E-state index >= 15 is 0 Å². The predicted molar refractivity (Wildman–Crippen MR) is 88.9 cm³/mol. The number of phenolic OH excluding ortho intramolecular Hbond substituents is 1. The van der Waals surface area contributed by atoms with Crippen molar-refractivity contribution in [2.24, 2.45) is 0 Å². The van der Waals surface area contributed by atoms with E-state index < -0.39 is 0 Å². The molecule has 0 saturated carbocycles. The smallest absolute Gasteiger partial charge is 0.226 e. The molecular formula is C16H21N5O. The zero-order valence-electron chi connectivity index (χ0n) is 13.0. The van der Waals surface area contributed by atoms with Gasteiger partial charge in [-0.1, -0.05) is 0 Å². The summed E-state index contributed by atoms with van der Waals surface area (Å²) in [6, 6.07) is 9.34. The molecule has 1 aromatic carbocycles. The Kier molecular flexibility index (Phi) is 4.00. The van der Waals surface area contributed by atoms with Gasteiger partial charge in [0.15, 0.2) is 0 Å². The average Bonchev–Trinajstić information content (AvgIpc) is 2.56. The number of phenols is 1. The summed E-state index contributed by atoms with van der Waals surface area (Å²) in [4.78, 5) is 15.4. The normalized spacial score (nSPS) is 15.0. The number of hydrogen-bond donors (Lipinski definition) is 1. The van der Waals surface area contributed by atoms with Gasteiger partial charge in [-0.25, -0.2) is 4.98 Å². The molecule has 22 heavy (non-hydrogen) atoms. The minimum Gasteiger partial charge on any atom is -0.508 e. The van der Waals surface area contributed by atoms with Crippen molar-refractivity contribution in [1.82, 2.24) is 9.97 Å². The summed E-state index contributed by atoms with van der Waals surface area (Å²) in [5, 5.41) is 9.37. The van der Waals surface area contributed by atoms with Crippen LogP contribution in [0.1, 0.15) is 0 Å². The van der Waals surface area contributed by atoms with Crippen LogP contribution in [0, 0.1) is 0 Å². The van der Waals surface area contributed by atoms with E-state index in [-0.39, 0.29) is 0 Å². The van der Waals surface area contributed by atoms with Crippen LogP contribution in [0.3, 0.4) is 0 Å². The van der Waals surface area contributed by atoms with Crippen molar-refractivity contribution in [3.05, 3.63) is 36.5 Å². The maximum absolute atomic E-state index is 9.37. The number of hydrogen-bond acceptors (Lipinski definition) is 6. The minimum atomic E-state index is 0.305. The molecule has 0 aliphatic carbocycles. The zero-order valence-corrected chi connectivity index (χ0v) is 13.0. The molecule has 2 heterocycles. The number of piperazine rings is 1. The van der Waals surface area contributed by atoms with Gasteiger partial charge in [-0.3, -0.25) is 0 Å². The summed E-state index contributed by atoms with van der Waals surface area (Å²) < 4.78 is 0. The summed E-state index contributed by atoms with van der Waals surface area (Å²) >= 11 is 0. The third-order valence-electron chi connectivity index (χ3n) is 3.85. The lowest BCUT2D eigenvalue weighted by Crippen LogP contribution is -2.46. The van der Waals surface area contributed by atoms with Crippen molar-refractivity contribution < 1.29 is 5.11 Å². The highest BCUT2D eigenvalue weighted by Crippen LogP contribution is 2.22. The first-order chi connectivity index (χ1) is 10.6. The van der Waals surface area contributed by atoms with E-state index in [1.54, 1.807) is 12.1 Å². The molecule has 0 unspecified atom stereocenters. The molecule has 6 heteroatoms. The minimum absolute atomic E-state index is 0.305. The third-order valence-corrected chi connectivity index (χ3v) is 3.85. The van der Waals surface area contributed by atoms with E-state index in [1.165, 1.54) is 0 Å². The van der Waals surface area contributed by atoms with Crippen molar-refractivity contribution in [3.63, 3.8) is 0 Å². The maximum atomic E-state index is 9.37. The van der Waals surface area contributed by atoms with E-state index in [4.69, 9.17) is 0 Å². The molecule has 1 fully saturated rings. The van der Waals surface area contributed by atoms with Gasteiger partial charge in [-0.15, -0.1) is 0 Å². The van der Waals surface area contributed by atoms with Gasteiger partial charge in [-0.05, 0) is 30.3 Å². The van der Waals surface area contributed by atoms with E-state index in [9.17, 15) is 5.11 Å². The van der Waals surface area contributed by atoms with Gasteiger partial charge in [0.2, 0.25) is 5.95 Å². The molecule has 0 radical (unpaired) electrons. The van der Waals surface area contributed by atoms with Crippen LogP contribution in [0.15, 0.2) is 36.5 Å². The standard InChI is InChI=1S/C16H21N5O/c1-19(2)16-17-8-7-15(18-16)21-11-9-20(10-12-21)13-3-5-14(22)6-4-13/h3-8,22H,9-12H2,1-2H3. The van der Waals surface area contributed by atoms with Crippen LogP contribution in [0.25, 0.3) is 0 Å². The van der Waals surface area contributed by atoms with Gasteiger partial charge < -0.3 is 19.8 Å². The van der Waals surface area contributed by atoms with Gasteiger partial charge in [-0.2, -0.15) is 4.98 Å². The summed E-state index contributed by atoms with van der Waals surface area (Å²) in [5.41, 5.74) is 1.15. The molecule has 6 nitrogen and oxygen atoms in total. The molecule has 1 aliphatic heterocycles. The Morgan fingerprint density at radius 3 is 2.23 bits per heavy atom. The Morgan fingerprint density at radius 1 is 0.955 bits per heavy atom. The molecule has 1 N–H and O–H groups in total. The largest absolute Gasteiger partial charge is 0.508 e. The third kappa shape index (κ3) is 3.05. The van der Waals surface area contributed by atoms with Crippen LogP contribution in [-0.4, -0.2) is 55.3 Å². The topological polar surface area (TPSA) is 55.7 Å². The molecule has 2 aromatic rings. The lowest BCUT2D eigenvalue weighted by molar-refractivity contribution is 0.475. The lowest BCUT2D eigenvalue weighted by Gasteiger charge is -2.36. The van der Waals surface area contributed by atoms with Gasteiger partial charge in [0.05, 0.1) is 0 Å². The second kappa shape index (κ2) is 6.09. The van der Waals surface area contributed by atoms with Gasteiger partial charge in [0.1, 0.15) is 11.6 Å². The summed E-state index contributed by atoms with van der Waals surface area (Å²) in [7, 11) is 3.89. The number of anilines is 3. The average molecular weight is 299 g/mol. The fourth-order valence-electron chi connectivity index (χ4n) is 2.59. The molecule has 116 valence electrons. The van der Waals surface area contributed by atoms with E-state index in [0.29, 0.717) is 5.75 Å². The molecule has 1 aromatic heterocycles. The van der Waals surface area contributed by atoms with Crippen LogP contribution in [0.5, 0.6) is 5.75 Å². The van der Waals surface area contributed by atoms with Crippen LogP contribution < -0.4 is 14.7 Å². The van der Waals surface area contributed by atoms with Crippen molar-refractivity contribution in [2.75, 3.05) is 55.0 Å². The molecule has 0 amide bonds. The molecule has 1 saturated heterocycles. The van der Waals surface area contributed by atoms with Crippen LogP contribution >= 0.6 is 0 Å². The van der Waals surface area contributed by atoms with E-state index in [0.717, 1.165) is 43.6 Å². The Bertz CT molecular complexity index is 621. The molecule has 0 bridgehead atoms. The quantitative estimate of drug-likeness (QED) is 0.928. The van der Waals surface area contributed by atoms with Crippen molar-refractivity contribution in [3.8, 4) is 5.75 Å². The van der Waals surface area contributed by atoms with Gasteiger partial charge in [0.25, 0.3) is 0 Å². The molecule has 3 rings (SSSR count). The lowest BCUT2D eigenvalue weighted by atomic mass is 10.2. The summed E-state index contributed by atoms with van der Waals surface area (Å²) in [6.45, 7) is 3.72. The highest BCUT2D eigenvalue weighted by Gasteiger charge is 2.19. The fourth-order valence-corrected chi connectivity index (χ4v) is 2.59. The van der Waals surface area contributed by atoms with Gasteiger partial charge in [0, 0.05) is 52.2 Å². The first kappa shape index (κ1) is 14.4. The van der Waals surface area contributed by atoms with E-state index in [1.807, 2.05) is 43.4 Å². The number of benzene rings is 1. The highest BCUT2D eigenvalue weighted by molar-refractivity contribution is 5.51. The number of aromatic hydroxyl groups is 1. The molecule has 0 spiro atoms. The highest BCUT2D eigenvalue weighted by atomic mass is 16.3. The van der Waals surface area contributed by atoms with Crippen molar-refractivity contribution in [1.29, 1.82) is 0 Å². The van der Waals surface area contributed by atoms with Crippen LogP contribution in [0.2, 0.25) is 0 Å². The predicted octanol–water partition coefficient (Wildman–Crippen LogP) is 1.57. The number of nitrogens with zero attached hydrogens (tertiary/aromatic N) is 5. The Morgan fingerprint density at radius 2 is 1.59 bits per heavy atom. The van der Waals surface area contributed by atoms with Crippen LogP contribution in [-0.2, 0) is 0 Å². The first-order valence-corrected chi connectivity index (χ1v) is 7.43. The fraction of sp³-hybridized carbons (Fsp3) is 0.375. The summed E-state index contributed by atoms with van der Waals surface area (Å²) in [5.74, 6) is 2.02. The number of aromatic nitrogens is 2. The van der Waals surface area contributed by atoms with Gasteiger partial charge >= 0.3 is 0 Å². The number of rotatable bonds is 3. The Hall–Kier alpha value is -2.50. The molecule has 0 atom stereocenters. The Balaban J connectivity index is 1.66. The van der Waals surface area contributed by atoms with Crippen LogP contribution in [0.4, 0.5) is 17.5 Å². The van der Waals surface area contributed by atoms with Crippen molar-refractivity contribution in [2.45, 2.75) is 0 Å². The molecule has 1 aliphatic rings. The second-order valence-electron chi connectivity index (χ2n) is 5.60. The van der Waals surface area contributed by atoms with Crippen molar-refractivity contribution >= 4 is 17.5 Å². The zero-order chi connectivity index (χ0) is 15.5. The summed E-state index contributed by atoms with van der Waals surface area (Å²) in [6.07, 6.45) is 1.81. The Labute approximate surface area is 130 Å². The maximum Gasteiger partial charge on any atom is 0.226 e. The second-order valence-corrected chi connectivity index (χ2v) is 5.60. The monoisotopic (exact) mass is 299 g/mol. The SMILES string of the molecule is CN(C)c1nccc(N2CCN(c3ccc(O)cc3)CC2)n1.